The van der Waals surface area contributed by atoms with E-state index in [0.29, 0.717) is 11.6 Å². The molecule has 1 aromatic heterocycles. The highest BCUT2D eigenvalue weighted by Crippen LogP contribution is 2.21. The van der Waals surface area contributed by atoms with Gasteiger partial charge in [0.2, 0.25) is 0 Å². The number of amides is 1. The first kappa shape index (κ1) is 16.5. The van der Waals surface area contributed by atoms with Gasteiger partial charge >= 0.3 is 0 Å². The van der Waals surface area contributed by atoms with E-state index in [2.05, 4.69) is 48.4 Å². The lowest BCUT2D eigenvalue weighted by atomic mass is 10.0. The Morgan fingerprint density at radius 2 is 1.75 bits per heavy atom. The number of likely N-dealkylation sites (tertiary alicyclic amines) is 1. The summed E-state index contributed by atoms with van der Waals surface area (Å²) in [5, 5.41) is 3.36. The average molecular weight is 323 g/mol. The minimum Gasteiger partial charge on any atom is -0.355 e. The maximum Gasteiger partial charge on any atom is 0.272 e. The Kier molecular flexibility index (Phi) is 5.14. The van der Waals surface area contributed by atoms with Crippen molar-refractivity contribution < 1.29 is 4.79 Å². The minimum atomic E-state index is 0.0357. The summed E-state index contributed by atoms with van der Waals surface area (Å²) in [5.41, 5.74) is 3.74. The van der Waals surface area contributed by atoms with Crippen molar-refractivity contribution in [1.82, 2.24) is 9.88 Å². The van der Waals surface area contributed by atoms with E-state index in [0.717, 1.165) is 37.3 Å². The van der Waals surface area contributed by atoms with Gasteiger partial charge in [0.15, 0.2) is 0 Å². The van der Waals surface area contributed by atoms with Gasteiger partial charge in [0.25, 0.3) is 5.91 Å². The van der Waals surface area contributed by atoms with E-state index in [1.165, 1.54) is 12.0 Å². The van der Waals surface area contributed by atoms with Crippen LogP contribution in [0.25, 0.3) is 0 Å². The van der Waals surface area contributed by atoms with Crippen LogP contribution >= 0.6 is 0 Å². The summed E-state index contributed by atoms with van der Waals surface area (Å²) in [7, 11) is 0. The summed E-state index contributed by atoms with van der Waals surface area (Å²) < 4.78 is 0. The smallest absolute Gasteiger partial charge is 0.272 e. The highest BCUT2D eigenvalue weighted by Gasteiger charge is 2.19. The fourth-order valence-electron chi connectivity index (χ4n) is 3.00. The van der Waals surface area contributed by atoms with Gasteiger partial charge in [0.1, 0.15) is 5.69 Å². The van der Waals surface area contributed by atoms with Crippen molar-refractivity contribution in [2.45, 2.75) is 39.0 Å². The second-order valence-electron chi connectivity index (χ2n) is 6.68. The quantitative estimate of drug-likeness (QED) is 0.896. The molecule has 0 saturated carbocycles. The second-order valence-corrected chi connectivity index (χ2v) is 6.68. The van der Waals surface area contributed by atoms with E-state index in [1.807, 2.05) is 17.0 Å². The second kappa shape index (κ2) is 7.47. The van der Waals surface area contributed by atoms with E-state index in [9.17, 15) is 4.79 Å². The van der Waals surface area contributed by atoms with Crippen molar-refractivity contribution in [2.24, 2.45) is 0 Å². The molecule has 0 spiro atoms. The Hall–Kier alpha value is -2.36. The van der Waals surface area contributed by atoms with E-state index >= 15 is 0 Å². The minimum absolute atomic E-state index is 0.0357. The van der Waals surface area contributed by atoms with Crippen molar-refractivity contribution in [3.05, 3.63) is 53.9 Å². The molecule has 1 fully saturated rings. The SMILES string of the molecule is CC(C)c1ccc(Nc2ccnc(C(=O)N3CCCCC3)c2)cc1. The molecule has 2 heterocycles. The number of hydrogen-bond acceptors (Lipinski definition) is 3. The third-order valence-electron chi connectivity index (χ3n) is 4.49. The molecule has 0 bridgehead atoms. The number of rotatable bonds is 4. The third-order valence-corrected chi connectivity index (χ3v) is 4.49. The van der Waals surface area contributed by atoms with Crippen LogP contribution in [0.3, 0.4) is 0 Å². The lowest BCUT2D eigenvalue weighted by Crippen LogP contribution is -2.36. The monoisotopic (exact) mass is 323 g/mol. The first-order valence-electron chi connectivity index (χ1n) is 8.76. The van der Waals surface area contributed by atoms with Crippen LogP contribution in [0.15, 0.2) is 42.6 Å². The van der Waals surface area contributed by atoms with Crippen molar-refractivity contribution in [2.75, 3.05) is 18.4 Å². The van der Waals surface area contributed by atoms with Gasteiger partial charge in [-0.25, -0.2) is 0 Å². The van der Waals surface area contributed by atoms with Crippen LogP contribution in [0.4, 0.5) is 11.4 Å². The molecule has 3 rings (SSSR count). The van der Waals surface area contributed by atoms with E-state index in [4.69, 9.17) is 0 Å². The molecule has 1 amide bonds. The number of nitrogens with zero attached hydrogens (tertiary/aromatic N) is 2. The van der Waals surface area contributed by atoms with Crippen LogP contribution in [0, 0.1) is 0 Å². The molecule has 4 heteroatoms. The Labute approximate surface area is 143 Å². The van der Waals surface area contributed by atoms with Gasteiger partial charge in [-0.1, -0.05) is 26.0 Å². The van der Waals surface area contributed by atoms with Crippen LogP contribution in [-0.2, 0) is 0 Å². The number of pyridine rings is 1. The first-order valence-corrected chi connectivity index (χ1v) is 8.76. The van der Waals surface area contributed by atoms with Crippen LogP contribution in [0.5, 0.6) is 0 Å². The molecular formula is C20H25N3O. The zero-order valence-corrected chi connectivity index (χ0v) is 14.5. The van der Waals surface area contributed by atoms with Gasteiger partial charge in [-0.05, 0) is 55.0 Å². The summed E-state index contributed by atoms with van der Waals surface area (Å²) in [6.45, 7) is 6.05. The molecular weight excluding hydrogens is 298 g/mol. The number of anilines is 2. The van der Waals surface area contributed by atoms with Crippen LogP contribution in [0.1, 0.15) is 55.1 Å². The topological polar surface area (TPSA) is 45.2 Å². The van der Waals surface area contributed by atoms with Gasteiger partial charge in [-0.2, -0.15) is 0 Å². The summed E-state index contributed by atoms with van der Waals surface area (Å²) in [4.78, 5) is 18.7. The molecule has 0 aliphatic carbocycles. The van der Waals surface area contributed by atoms with Gasteiger partial charge in [0, 0.05) is 30.7 Å². The summed E-state index contributed by atoms with van der Waals surface area (Å²) >= 11 is 0. The van der Waals surface area contributed by atoms with Crippen molar-refractivity contribution >= 4 is 17.3 Å². The van der Waals surface area contributed by atoms with Gasteiger partial charge in [-0.3, -0.25) is 9.78 Å². The van der Waals surface area contributed by atoms with Gasteiger partial charge < -0.3 is 10.2 Å². The Morgan fingerprint density at radius 3 is 2.42 bits per heavy atom. The van der Waals surface area contributed by atoms with Crippen molar-refractivity contribution in [1.29, 1.82) is 0 Å². The Bertz CT molecular complexity index is 688. The predicted molar refractivity (Wildman–Crippen MR) is 97.8 cm³/mol. The summed E-state index contributed by atoms with van der Waals surface area (Å²) in [6, 6.07) is 12.1. The molecule has 0 atom stereocenters. The Balaban J connectivity index is 1.71. The van der Waals surface area contributed by atoms with Crippen LogP contribution < -0.4 is 5.32 Å². The average Bonchev–Trinajstić information content (AvgIpc) is 2.62. The van der Waals surface area contributed by atoms with Crippen molar-refractivity contribution in [3.63, 3.8) is 0 Å². The normalized spacial score (nSPS) is 14.7. The molecule has 1 saturated heterocycles. The number of carbonyl (C=O) groups is 1. The molecule has 1 aromatic carbocycles. The van der Waals surface area contributed by atoms with Crippen LogP contribution in [-0.4, -0.2) is 28.9 Å². The lowest BCUT2D eigenvalue weighted by molar-refractivity contribution is 0.0718. The molecule has 24 heavy (non-hydrogen) atoms. The molecule has 1 aliphatic heterocycles. The third kappa shape index (κ3) is 3.94. The lowest BCUT2D eigenvalue weighted by Gasteiger charge is -2.26. The molecule has 126 valence electrons. The van der Waals surface area contributed by atoms with E-state index in [-0.39, 0.29) is 5.91 Å². The maximum atomic E-state index is 12.6. The van der Waals surface area contributed by atoms with Crippen molar-refractivity contribution in [3.8, 4) is 0 Å². The Morgan fingerprint density at radius 1 is 1.04 bits per heavy atom. The number of benzene rings is 1. The standard InChI is InChI=1S/C20H25N3O/c1-15(2)16-6-8-17(9-7-16)22-18-10-11-21-19(14-18)20(24)23-12-4-3-5-13-23/h6-11,14-15H,3-5,12-13H2,1-2H3,(H,21,22). The fourth-order valence-corrected chi connectivity index (χ4v) is 3.00. The molecule has 1 N–H and O–H groups in total. The number of carbonyl (C=O) groups excluding carboxylic acids is 1. The zero-order chi connectivity index (χ0) is 16.9. The molecule has 0 unspecified atom stereocenters. The molecule has 1 aliphatic rings. The zero-order valence-electron chi connectivity index (χ0n) is 14.5. The highest BCUT2D eigenvalue weighted by atomic mass is 16.2. The van der Waals surface area contributed by atoms with E-state index < -0.39 is 0 Å². The molecule has 2 aromatic rings. The number of nitrogens with one attached hydrogen (secondary N) is 1. The number of aromatic nitrogens is 1. The summed E-state index contributed by atoms with van der Waals surface area (Å²) in [6.07, 6.45) is 5.09. The van der Waals surface area contributed by atoms with E-state index in [1.54, 1.807) is 6.20 Å². The fraction of sp³-hybridized carbons (Fsp3) is 0.400. The predicted octanol–water partition coefficient (Wildman–Crippen LogP) is 4.57. The first-order chi connectivity index (χ1) is 11.6. The molecule has 0 radical (unpaired) electrons. The largest absolute Gasteiger partial charge is 0.355 e. The van der Waals surface area contributed by atoms with Crippen LogP contribution in [0.2, 0.25) is 0 Å². The van der Waals surface area contributed by atoms with Gasteiger partial charge in [-0.15, -0.1) is 0 Å². The highest BCUT2D eigenvalue weighted by molar-refractivity contribution is 5.93. The number of hydrogen-bond donors (Lipinski definition) is 1. The van der Waals surface area contributed by atoms with Gasteiger partial charge in [0.05, 0.1) is 0 Å². The maximum absolute atomic E-state index is 12.6. The molecule has 4 nitrogen and oxygen atoms in total. The summed E-state index contributed by atoms with van der Waals surface area (Å²) in [5.74, 6) is 0.558. The number of piperidine rings is 1.